The van der Waals surface area contributed by atoms with Gasteiger partial charge in [0.05, 0.1) is 0 Å². The van der Waals surface area contributed by atoms with Gasteiger partial charge in [0.25, 0.3) is 0 Å². The second-order valence-electron chi connectivity index (χ2n) is 6.35. The SMILES string of the molecule is CC(C)(C)OC(=O)NCC(=O)Nc1ccc(-c2ccccc2)cc1. The molecule has 0 bridgehead atoms. The van der Waals surface area contributed by atoms with Crippen molar-refractivity contribution in [1.29, 1.82) is 0 Å². The smallest absolute Gasteiger partial charge is 0.408 e. The number of rotatable bonds is 4. The predicted octanol–water partition coefficient (Wildman–Crippen LogP) is 3.82. The molecule has 5 heteroatoms. The number of carbonyl (C=O) groups excluding carboxylic acids is 2. The Morgan fingerprint density at radius 3 is 2.08 bits per heavy atom. The summed E-state index contributed by atoms with van der Waals surface area (Å²) >= 11 is 0. The molecule has 0 saturated carbocycles. The number of hydrogen-bond donors (Lipinski definition) is 2. The van der Waals surface area contributed by atoms with Gasteiger partial charge >= 0.3 is 6.09 Å². The van der Waals surface area contributed by atoms with E-state index in [1.807, 2.05) is 54.6 Å². The number of amides is 2. The minimum Gasteiger partial charge on any atom is -0.444 e. The van der Waals surface area contributed by atoms with Gasteiger partial charge in [0, 0.05) is 5.69 Å². The summed E-state index contributed by atoms with van der Waals surface area (Å²) in [6, 6.07) is 17.5. The van der Waals surface area contributed by atoms with Gasteiger partial charge in [-0.05, 0) is 44.0 Å². The molecule has 126 valence electrons. The summed E-state index contributed by atoms with van der Waals surface area (Å²) in [5.74, 6) is -0.312. The van der Waals surface area contributed by atoms with E-state index in [4.69, 9.17) is 4.74 Å². The van der Waals surface area contributed by atoms with Crippen LogP contribution in [0.15, 0.2) is 54.6 Å². The number of hydrogen-bond acceptors (Lipinski definition) is 3. The highest BCUT2D eigenvalue weighted by atomic mass is 16.6. The summed E-state index contributed by atoms with van der Waals surface area (Å²) in [6.07, 6.45) is -0.614. The fourth-order valence-corrected chi connectivity index (χ4v) is 2.05. The third kappa shape index (κ3) is 5.76. The molecular weight excluding hydrogens is 304 g/mol. The fourth-order valence-electron chi connectivity index (χ4n) is 2.05. The van der Waals surface area contributed by atoms with Crippen molar-refractivity contribution in [3.05, 3.63) is 54.6 Å². The van der Waals surface area contributed by atoms with Crippen molar-refractivity contribution in [2.24, 2.45) is 0 Å². The lowest BCUT2D eigenvalue weighted by molar-refractivity contribution is -0.115. The van der Waals surface area contributed by atoms with Gasteiger partial charge in [-0.2, -0.15) is 0 Å². The summed E-state index contributed by atoms with van der Waals surface area (Å²) in [4.78, 5) is 23.4. The molecule has 0 unspecified atom stereocenters. The van der Waals surface area contributed by atoms with Crippen molar-refractivity contribution in [3.63, 3.8) is 0 Å². The normalized spacial score (nSPS) is 10.8. The Hall–Kier alpha value is -2.82. The van der Waals surface area contributed by atoms with Crippen LogP contribution >= 0.6 is 0 Å². The summed E-state index contributed by atoms with van der Waals surface area (Å²) in [7, 11) is 0. The zero-order valence-corrected chi connectivity index (χ0v) is 14.1. The molecule has 2 aromatic rings. The number of ether oxygens (including phenoxy) is 1. The van der Waals surface area contributed by atoms with Crippen molar-refractivity contribution >= 4 is 17.7 Å². The van der Waals surface area contributed by atoms with E-state index in [9.17, 15) is 9.59 Å². The van der Waals surface area contributed by atoms with E-state index in [0.717, 1.165) is 11.1 Å². The first-order valence-corrected chi connectivity index (χ1v) is 7.76. The molecule has 0 spiro atoms. The lowest BCUT2D eigenvalue weighted by atomic mass is 10.1. The minimum absolute atomic E-state index is 0.144. The molecule has 2 aromatic carbocycles. The maximum absolute atomic E-state index is 11.9. The Kier molecular flexibility index (Phi) is 5.58. The highest BCUT2D eigenvalue weighted by Crippen LogP contribution is 2.20. The van der Waals surface area contributed by atoms with Gasteiger partial charge in [0.2, 0.25) is 5.91 Å². The van der Waals surface area contributed by atoms with Crippen molar-refractivity contribution in [2.75, 3.05) is 11.9 Å². The first kappa shape index (κ1) is 17.5. The maximum atomic E-state index is 11.9. The first-order chi connectivity index (χ1) is 11.3. The number of alkyl carbamates (subject to hydrolysis) is 1. The summed E-state index contributed by atoms with van der Waals surface area (Å²) < 4.78 is 5.07. The summed E-state index contributed by atoms with van der Waals surface area (Å²) in [6.45, 7) is 5.15. The molecule has 0 aliphatic rings. The molecule has 0 aliphatic heterocycles. The van der Waals surface area contributed by atoms with Gasteiger partial charge in [-0.15, -0.1) is 0 Å². The Bertz CT molecular complexity index is 689. The van der Waals surface area contributed by atoms with E-state index in [1.54, 1.807) is 20.8 Å². The van der Waals surface area contributed by atoms with Crippen LogP contribution in [0.1, 0.15) is 20.8 Å². The molecule has 0 fully saturated rings. The Labute approximate surface area is 142 Å². The molecule has 0 heterocycles. The molecule has 0 aromatic heterocycles. The van der Waals surface area contributed by atoms with Crippen LogP contribution in [-0.4, -0.2) is 24.1 Å². The molecule has 5 nitrogen and oxygen atoms in total. The second-order valence-corrected chi connectivity index (χ2v) is 6.35. The molecule has 0 aliphatic carbocycles. The van der Waals surface area contributed by atoms with Crippen molar-refractivity contribution in [2.45, 2.75) is 26.4 Å². The number of benzene rings is 2. The van der Waals surface area contributed by atoms with Crippen LogP contribution in [0.2, 0.25) is 0 Å². The molecule has 0 radical (unpaired) electrons. The van der Waals surface area contributed by atoms with Crippen molar-refractivity contribution < 1.29 is 14.3 Å². The van der Waals surface area contributed by atoms with E-state index in [-0.39, 0.29) is 12.5 Å². The zero-order valence-electron chi connectivity index (χ0n) is 14.1. The second kappa shape index (κ2) is 7.64. The van der Waals surface area contributed by atoms with Gasteiger partial charge in [-0.1, -0.05) is 42.5 Å². The van der Waals surface area contributed by atoms with Gasteiger partial charge in [0.15, 0.2) is 0 Å². The van der Waals surface area contributed by atoms with Gasteiger partial charge in [-0.25, -0.2) is 4.79 Å². The topological polar surface area (TPSA) is 67.4 Å². The van der Waals surface area contributed by atoms with Crippen LogP contribution in [0.5, 0.6) is 0 Å². The standard InChI is InChI=1S/C19H22N2O3/c1-19(2,3)24-18(23)20-13-17(22)21-16-11-9-15(10-12-16)14-7-5-4-6-8-14/h4-12H,13H2,1-3H3,(H,20,23)(H,21,22). The monoisotopic (exact) mass is 326 g/mol. The summed E-state index contributed by atoms with van der Waals surface area (Å²) in [5, 5.41) is 5.15. The number of nitrogens with one attached hydrogen (secondary N) is 2. The van der Waals surface area contributed by atoms with Crippen LogP contribution in [0.4, 0.5) is 10.5 Å². The lowest BCUT2D eigenvalue weighted by Crippen LogP contribution is -2.37. The van der Waals surface area contributed by atoms with Crippen LogP contribution < -0.4 is 10.6 Å². The summed E-state index contributed by atoms with van der Waals surface area (Å²) in [5.41, 5.74) is 2.27. The third-order valence-electron chi connectivity index (χ3n) is 3.07. The van der Waals surface area contributed by atoms with Gasteiger partial charge in [-0.3, -0.25) is 4.79 Å². The number of anilines is 1. The Morgan fingerprint density at radius 1 is 0.917 bits per heavy atom. The maximum Gasteiger partial charge on any atom is 0.408 e. The van der Waals surface area contributed by atoms with Crippen LogP contribution in [0.25, 0.3) is 11.1 Å². The Morgan fingerprint density at radius 2 is 1.50 bits per heavy atom. The van der Waals surface area contributed by atoms with E-state index < -0.39 is 11.7 Å². The first-order valence-electron chi connectivity index (χ1n) is 7.76. The van der Waals surface area contributed by atoms with Crippen LogP contribution in [0.3, 0.4) is 0 Å². The largest absolute Gasteiger partial charge is 0.444 e. The lowest BCUT2D eigenvalue weighted by Gasteiger charge is -2.19. The van der Waals surface area contributed by atoms with E-state index in [2.05, 4.69) is 10.6 Å². The van der Waals surface area contributed by atoms with Crippen LogP contribution in [-0.2, 0) is 9.53 Å². The van der Waals surface area contributed by atoms with E-state index >= 15 is 0 Å². The van der Waals surface area contributed by atoms with Gasteiger partial charge < -0.3 is 15.4 Å². The van der Waals surface area contributed by atoms with Gasteiger partial charge in [0.1, 0.15) is 12.1 Å². The van der Waals surface area contributed by atoms with E-state index in [0.29, 0.717) is 5.69 Å². The average Bonchev–Trinajstić information content (AvgIpc) is 2.53. The fraction of sp³-hybridized carbons (Fsp3) is 0.263. The molecule has 24 heavy (non-hydrogen) atoms. The molecule has 0 atom stereocenters. The molecule has 2 rings (SSSR count). The molecule has 0 saturated heterocycles. The highest BCUT2D eigenvalue weighted by Gasteiger charge is 2.16. The van der Waals surface area contributed by atoms with E-state index in [1.165, 1.54) is 0 Å². The number of carbonyl (C=O) groups is 2. The highest BCUT2D eigenvalue weighted by molar-refractivity contribution is 5.94. The van der Waals surface area contributed by atoms with Crippen molar-refractivity contribution in [1.82, 2.24) is 5.32 Å². The minimum atomic E-state index is -0.614. The van der Waals surface area contributed by atoms with Crippen LogP contribution in [0, 0.1) is 0 Å². The zero-order chi connectivity index (χ0) is 17.6. The van der Waals surface area contributed by atoms with Crippen molar-refractivity contribution in [3.8, 4) is 11.1 Å². The Balaban J connectivity index is 1.85. The molecule has 2 amide bonds. The predicted molar refractivity (Wildman–Crippen MR) is 94.7 cm³/mol. The quantitative estimate of drug-likeness (QED) is 0.897. The third-order valence-corrected chi connectivity index (χ3v) is 3.07. The molecule has 2 N–H and O–H groups in total. The molecular formula is C19H22N2O3. The average molecular weight is 326 g/mol.